The maximum atomic E-state index is 12.2. The van der Waals surface area contributed by atoms with E-state index in [4.69, 9.17) is 0 Å². The highest BCUT2D eigenvalue weighted by molar-refractivity contribution is 8.14. The van der Waals surface area contributed by atoms with Gasteiger partial charge in [-0.1, -0.05) is 49.0 Å². The first-order chi connectivity index (χ1) is 9.68. The predicted molar refractivity (Wildman–Crippen MR) is 81.8 cm³/mol. The van der Waals surface area contributed by atoms with Crippen molar-refractivity contribution in [3.8, 4) is 0 Å². The van der Waals surface area contributed by atoms with Crippen LogP contribution in [0.25, 0.3) is 0 Å². The second kappa shape index (κ2) is 7.45. The van der Waals surface area contributed by atoms with Crippen LogP contribution in [0.1, 0.15) is 17.3 Å². The van der Waals surface area contributed by atoms with Gasteiger partial charge in [0.15, 0.2) is 0 Å². The van der Waals surface area contributed by atoms with Gasteiger partial charge < -0.3 is 10.2 Å². The smallest absolute Gasteiger partial charge is 0.226 e. The van der Waals surface area contributed by atoms with E-state index in [-0.39, 0.29) is 16.9 Å². The average Bonchev–Trinajstić information content (AvgIpc) is 2.53. The predicted octanol–water partition coefficient (Wildman–Crippen LogP) is 1.63. The summed E-state index contributed by atoms with van der Waals surface area (Å²) in [6.07, 6.45) is 0. The largest absolute Gasteiger partial charge is 0.340 e. The SMILES string of the molecule is CC(CSC(=O)c1ccccc1)C(=O)N1CCNCC1. The van der Waals surface area contributed by atoms with Gasteiger partial charge in [0.2, 0.25) is 11.0 Å². The molecule has 1 unspecified atom stereocenters. The summed E-state index contributed by atoms with van der Waals surface area (Å²) < 4.78 is 0. The van der Waals surface area contributed by atoms with E-state index in [0.717, 1.165) is 26.2 Å². The Bertz CT molecular complexity index is 458. The summed E-state index contributed by atoms with van der Waals surface area (Å²) in [7, 11) is 0. The zero-order valence-electron chi connectivity index (χ0n) is 11.7. The molecule has 1 amide bonds. The van der Waals surface area contributed by atoms with Crippen LogP contribution in [0.4, 0.5) is 0 Å². The van der Waals surface area contributed by atoms with Crippen LogP contribution in [0.3, 0.4) is 0 Å². The lowest BCUT2D eigenvalue weighted by molar-refractivity contribution is -0.134. The molecule has 1 aliphatic heterocycles. The summed E-state index contributed by atoms with van der Waals surface area (Å²) in [5.41, 5.74) is 0.694. The van der Waals surface area contributed by atoms with Crippen LogP contribution in [0, 0.1) is 5.92 Å². The lowest BCUT2D eigenvalue weighted by atomic mass is 10.2. The first-order valence-electron chi connectivity index (χ1n) is 6.90. The number of thioether (sulfide) groups is 1. The molecule has 0 aromatic heterocycles. The molecule has 1 aromatic carbocycles. The van der Waals surface area contributed by atoms with Crippen LogP contribution in [0.2, 0.25) is 0 Å². The van der Waals surface area contributed by atoms with Crippen LogP contribution in [-0.2, 0) is 4.79 Å². The molecule has 0 aliphatic carbocycles. The second-order valence-corrected chi connectivity index (χ2v) is 5.93. The van der Waals surface area contributed by atoms with Crippen molar-refractivity contribution in [2.45, 2.75) is 6.92 Å². The third kappa shape index (κ3) is 4.08. The van der Waals surface area contributed by atoms with Crippen LogP contribution < -0.4 is 5.32 Å². The number of carbonyl (C=O) groups is 2. The van der Waals surface area contributed by atoms with E-state index in [1.165, 1.54) is 11.8 Å². The zero-order chi connectivity index (χ0) is 14.4. The molecule has 2 rings (SSSR count). The topological polar surface area (TPSA) is 49.4 Å². The molecule has 0 bridgehead atoms. The summed E-state index contributed by atoms with van der Waals surface area (Å²) in [5, 5.41) is 3.26. The molecule has 1 fully saturated rings. The molecule has 4 nitrogen and oxygen atoms in total. The first-order valence-corrected chi connectivity index (χ1v) is 7.88. The normalized spacial score (nSPS) is 16.8. The third-order valence-electron chi connectivity index (χ3n) is 3.32. The summed E-state index contributed by atoms with van der Waals surface area (Å²) >= 11 is 1.23. The fraction of sp³-hybridized carbons (Fsp3) is 0.467. The fourth-order valence-corrected chi connectivity index (χ4v) is 2.97. The molecule has 1 aliphatic rings. The third-order valence-corrected chi connectivity index (χ3v) is 4.49. The number of amides is 1. The molecular weight excluding hydrogens is 272 g/mol. The molecule has 20 heavy (non-hydrogen) atoms. The molecule has 1 aromatic rings. The van der Waals surface area contributed by atoms with Crippen molar-refractivity contribution in [3.63, 3.8) is 0 Å². The van der Waals surface area contributed by atoms with Crippen molar-refractivity contribution in [2.75, 3.05) is 31.9 Å². The molecule has 1 heterocycles. The standard InChI is InChI=1S/C15H20N2O2S/c1-12(14(18)17-9-7-16-8-10-17)11-20-15(19)13-5-3-2-4-6-13/h2-6,12,16H,7-11H2,1H3. The van der Waals surface area contributed by atoms with E-state index >= 15 is 0 Å². The van der Waals surface area contributed by atoms with E-state index in [1.807, 2.05) is 30.0 Å². The molecule has 1 N–H and O–H groups in total. The van der Waals surface area contributed by atoms with Gasteiger partial charge in [0.05, 0.1) is 0 Å². The fourth-order valence-electron chi connectivity index (χ4n) is 2.13. The van der Waals surface area contributed by atoms with Gasteiger partial charge in [0.1, 0.15) is 0 Å². The number of benzene rings is 1. The second-order valence-electron chi connectivity index (χ2n) is 4.94. The monoisotopic (exact) mass is 292 g/mol. The van der Waals surface area contributed by atoms with Gasteiger partial charge in [-0.05, 0) is 0 Å². The Morgan fingerprint density at radius 2 is 1.90 bits per heavy atom. The summed E-state index contributed by atoms with van der Waals surface area (Å²) in [5.74, 6) is 0.571. The number of nitrogens with zero attached hydrogens (tertiary/aromatic N) is 1. The van der Waals surface area contributed by atoms with Crippen molar-refractivity contribution in [1.29, 1.82) is 0 Å². The van der Waals surface area contributed by atoms with E-state index in [0.29, 0.717) is 11.3 Å². The Morgan fingerprint density at radius 3 is 2.55 bits per heavy atom. The number of piperazine rings is 1. The zero-order valence-corrected chi connectivity index (χ0v) is 12.5. The minimum Gasteiger partial charge on any atom is -0.340 e. The van der Waals surface area contributed by atoms with Gasteiger partial charge in [-0.15, -0.1) is 0 Å². The quantitative estimate of drug-likeness (QED) is 0.916. The van der Waals surface area contributed by atoms with Gasteiger partial charge >= 0.3 is 0 Å². The van der Waals surface area contributed by atoms with E-state index in [2.05, 4.69) is 5.32 Å². The Hall–Kier alpha value is -1.33. The van der Waals surface area contributed by atoms with Crippen LogP contribution in [0.15, 0.2) is 30.3 Å². The highest BCUT2D eigenvalue weighted by atomic mass is 32.2. The van der Waals surface area contributed by atoms with Gasteiger partial charge in [0.25, 0.3) is 0 Å². The lowest BCUT2D eigenvalue weighted by Crippen LogP contribution is -2.48. The number of carbonyl (C=O) groups excluding carboxylic acids is 2. The Morgan fingerprint density at radius 1 is 1.25 bits per heavy atom. The first kappa shape index (κ1) is 15.1. The molecule has 0 radical (unpaired) electrons. The highest BCUT2D eigenvalue weighted by Crippen LogP contribution is 2.17. The van der Waals surface area contributed by atoms with Gasteiger partial charge in [-0.3, -0.25) is 9.59 Å². The van der Waals surface area contributed by atoms with Gasteiger partial charge in [0, 0.05) is 43.4 Å². The molecular formula is C15H20N2O2S. The molecule has 5 heteroatoms. The average molecular weight is 292 g/mol. The number of nitrogens with one attached hydrogen (secondary N) is 1. The molecule has 108 valence electrons. The van der Waals surface area contributed by atoms with Crippen LogP contribution >= 0.6 is 11.8 Å². The Kier molecular flexibility index (Phi) is 5.61. The number of rotatable bonds is 4. The van der Waals surface area contributed by atoms with Crippen molar-refractivity contribution >= 4 is 22.8 Å². The minimum atomic E-state index is -0.120. The molecule has 1 atom stereocenters. The van der Waals surface area contributed by atoms with Crippen LogP contribution in [0.5, 0.6) is 0 Å². The van der Waals surface area contributed by atoms with Crippen molar-refractivity contribution in [1.82, 2.24) is 10.2 Å². The maximum Gasteiger partial charge on any atom is 0.226 e. The Balaban J connectivity index is 1.81. The highest BCUT2D eigenvalue weighted by Gasteiger charge is 2.22. The van der Waals surface area contributed by atoms with Crippen molar-refractivity contribution in [2.24, 2.45) is 5.92 Å². The molecule has 1 saturated heterocycles. The molecule has 0 saturated carbocycles. The maximum absolute atomic E-state index is 12.2. The summed E-state index contributed by atoms with van der Waals surface area (Å²) in [6.45, 7) is 5.14. The minimum absolute atomic E-state index is 0.0329. The van der Waals surface area contributed by atoms with E-state index in [1.54, 1.807) is 12.1 Å². The summed E-state index contributed by atoms with van der Waals surface area (Å²) in [6, 6.07) is 9.19. The lowest BCUT2D eigenvalue weighted by Gasteiger charge is -2.29. The van der Waals surface area contributed by atoms with Gasteiger partial charge in [-0.2, -0.15) is 0 Å². The van der Waals surface area contributed by atoms with Crippen molar-refractivity contribution in [3.05, 3.63) is 35.9 Å². The van der Waals surface area contributed by atoms with Crippen molar-refractivity contribution < 1.29 is 9.59 Å². The van der Waals surface area contributed by atoms with Crippen LogP contribution in [-0.4, -0.2) is 47.9 Å². The number of hydrogen-bond acceptors (Lipinski definition) is 4. The van der Waals surface area contributed by atoms with E-state index in [9.17, 15) is 9.59 Å². The molecule has 0 spiro atoms. The van der Waals surface area contributed by atoms with E-state index < -0.39 is 0 Å². The number of hydrogen-bond donors (Lipinski definition) is 1. The Labute approximate surface area is 123 Å². The summed E-state index contributed by atoms with van der Waals surface area (Å²) in [4.78, 5) is 26.1. The van der Waals surface area contributed by atoms with Gasteiger partial charge in [-0.25, -0.2) is 0 Å².